The molecule has 0 aliphatic heterocycles. The molecule has 0 aliphatic carbocycles. The highest BCUT2D eigenvalue weighted by Gasteiger charge is 2.11. The first-order valence-electron chi connectivity index (χ1n) is 5.69. The van der Waals surface area contributed by atoms with Gasteiger partial charge in [-0.15, -0.1) is 0 Å². The summed E-state index contributed by atoms with van der Waals surface area (Å²) in [4.78, 5) is 11.0. The number of urea groups is 1. The maximum Gasteiger partial charge on any atom is 0.328 e. The third-order valence-electron chi connectivity index (χ3n) is 2.60. The van der Waals surface area contributed by atoms with Crippen LogP contribution in [-0.2, 0) is 6.42 Å². The van der Waals surface area contributed by atoms with Crippen LogP contribution in [0.4, 0.5) is 4.79 Å². The second-order valence-electron chi connectivity index (χ2n) is 3.67. The molecule has 0 saturated heterocycles. The monoisotopic (exact) mass is 269 g/mol. The van der Waals surface area contributed by atoms with Crippen LogP contribution in [0.15, 0.2) is 12.1 Å². The molecule has 0 aromatic heterocycles. The van der Waals surface area contributed by atoms with Gasteiger partial charge in [0.2, 0.25) is 0 Å². The average Bonchev–Trinajstić information content (AvgIpc) is 2.46. The minimum Gasteiger partial charge on any atom is -0.496 e. The van der Waals surface area contributed by atoms with Crippen molar-refractivity contribution >= 4 is 6.03 Å². The molecule has 0 heterocycles. The third kappa shape index (κ3) is 3.92. The van der Waals surface area contributed by atoms with Crippen LogP contribution in [0.25, 0.3) is 0 Å². The van der Waals surface area contributed by atoms with Crippen molar-refractivity contribution in [3.05, 3.63) is 17.7 Å². The number of carbonyl (C=O) groups is 1. The van der Waals surface area contributed by atoms with E-state index in [1.165, 1.54) is 0 Å². The summed E-state index contributed by atoms with van der Waals surface area (Å²) in [6.45, 7) is 0.425. The number of rotatable bonds is 6. The molecule has 0 aliphatic rings. The van der Waals surface area contributed by atoms with Crippen LogP contribution < -0.4 is 30.8 Å². The van der Waals surface area contributed by atoms with E-state index in [0.717, 1.165) is 5.56 Å². The molecule has 0 bridgehead atoms. The Balaban J connectivity index is 2.83. The molecule has 0 fully saturated rings. The predicted molar refractivity (Wildman–Crippen MR) is 70.5 cm³/mol. The molecule has 0 unspecified atom stereocenters. The molecule has 1 rings (SSSR count). The molecule has 7 nitrogen and oxygen atoms in total. The first kappa shape index (κ1) is 14.9. The minimum atomic E-state index is -0.431. The fourth-order valence-electron chi connectivity index (χ4n) is 1.65. The molecule has 1 aromatic rings. The van der Waals surface area contributed by atoms with Crippen molar-refractivity contribution in [2.24, 2.45) is 5.84 Å². The SMILES string of the molecule is COc1cc(OC)c(OC)cc1CCNC(=O)NN. The van der Waals surface area contributed by atoms with E-state index in [1.807, 2.05) is 11.5 Å². The number of hydrazine groups is 1. The minimum absolute atomic E-state index is 0.425. The van der Waals surface area contributed by atoms with Crippen molar-refractivity contribution in [2.45, 2.75) is 6.42 Å². The molecule has 4 N–H and O–H groups in total. The summed E-state index contributed by atoms with van der Waals surface area (Å²) in [5.74, 6) is 6.85. The Morgan fingerprint density at radius 1 is 1.11 bits per heavy atom. The van der Waals surface area contributed by atoms with E-state index in [0.29, 0.717) is 30.2 Å². The van der Waals surface area contributed by atoms with E-state index in [9.17, 15) is 4.79 Å². The van der Waals surface area contributed by atoms with Crippen molar-refractivity contribution in [2.75, 3.05) is 27.9 Å². The molecule has 0 spiro atoms. The topological polar surface area (TPSA) is 94.8 Å². The summed E-state index contributed by atoms with van der Waals surface area (Å²) in [5, 5.41) is 2.60. The van der Waals surface area contributed by atoms with Gasteiger partial charge in [-0.2, -0.15) is 0 Å². The summed E-state index contributed by atoms with van der Waals surface area (Å²) in [6.07, 6.45) is 0.580. The van der Waals surface area contributed by atoms with E-state index in [2.05, 4.69) is 5.32 Å². The molecule has 7 heteroatoms. The van der Waals surface area contributed by atoms with Crippen LogP contribution in [0, 0.1) is 0 Å². The zero-order valence-electron chi connectivity index (χ0n) is 11.3. The number of nitrogens with one attached hydrogen (secondary N) is 2. The van der Waals surface area contributed by atoms with Crippen LogP contribution in [-0.4, -0.2) is 33.9 Å². The number of methoxy groups -OCH3 is 3. The fraction of sp³-hybridized carbons (Fsp3) is 0.417. The lowest BCUT2D eigenvalue weighted by Gasteiger charge is -2.14. The van der Waals surface area contributed by atoms with Crippen molar-refractivity contribution in [3.8, 4) is 17.2 Å². The molecule has 106 valence electrons. The van der Waals surface area contributed by atoms with E-state index >= 15 is 0 Å². The van der Waals surface area contributed by atoms with Gasteiger partial charge in [-0.1, -0.05) is 0 Å². The first-order valence-corrected chi connectivity index (χ1v) is 5.69. The van der Waals surface area contributed by atoms with E-state index in [4.69, 9.17) is 20.1 Å². The highest BCUT2D eigenvalue weighted by molar-refractivity contribution is 5.73. The van der Waals surface area contributed by atoms with Gasteiger partial charge in [0.15, 0.2) is 11.5 Å². The van der Waals surface area contributed by atoms with Crippen LogP contribution in [0.1, 0.15) is 5.56 Å². The Morgan fingerprint density at radius 2 is 1.68 bits per heavy atom. The molecular formula is C12H19N3O4. The summed E-state index contributed by atoms with van der Waals surface area (Å²) in [7, 11) is 4.70. The number of carbonyl (C=O) groups excluding carboxylic acids is 1. The van der Waals surface area contributed by atoms with Gasteiger partial charge in [0.05, 0.1) is 21.3 Å². The molecule has 1 aromatic carbocycles. The number of hydrogen-bond acceptors (Lipinski definition) is 5. The smallest absolute Gasteiger partial charge is 0.328 e. The predicted octanol–water partition coefficient (Wildman–Crippen LogP) is 0.428. The lowest BCUT2D eigenvalue weighted by atomic mass is 10.1. The number of ether oxygens (including phenoxy) is 3. The van der Waals surface area contributed by atoms with Crippen LogP contribution in [0.2, 0.25) is 0 Å². The van der Waals surface area contributed by atoms with Gasteiger partial charge in [-0.05, 0) is 18.1 Å². The van der Waals surface area contributed by atoms with E-state index < -0.39 is 6.03 Å². The second-order valence-corrected chi connectivity index (χ2v) is 3.67. The van der Waals surface area contributed by atoms with E-state index in [-0.39, 0.29) is 0 Å². The normalized spacial score (nSPS) is 9.68. The maximum absolute atomic E-state index is 11.0. The van der Waals surface area contributed by atoms with Crippen LogP contribution in [0.5, 0.6) is 17.2 Å². The average molecular weight is 269 g/mol. The van der Waals surface area contributed by atoms with Gasteiger partial charge in [0.1, 0.15) is 5.75 Å². The van der Waals surface area contributed by atoms with Gasteiger partial charge in [-0.3, -0.25) is 5.43 Å². The zero-order valence-corrected chi connectivity index (χ0v) is 11.3. The Hall–Kier alpha value is -2.15. The molecular weight excluding hydrogens is 250 g/mol. The third-order valence-corrected chi connectivity index (χ3v) is 2.60. The molecule has 0 atom stereocenters. The lowest BCUT2D eigenvalue weighted by molar-refractivity contribution is 0.241. The Bertz CT molecular complexity index is 437. The number of benzene rings is 1. The van der Waals surface area contributed by atoms with Gasteiger partial charge in [0.25, 0.3) is 0 Å². The standard InChI is InChI=1S/C12H19N3O4/c1-17-9-7-11(19-3)10(18-2)6-8(9)4-5-14-12(16)15-13/h6-7H,4-5,13H2,1-3H3,(H2,14,15,16). The van der Waals surface area contributed by atoms with Crippen molar-refractivity contribution in [1.82, 2.24) is 10.7 Å². The summed E-state index contributed by atoms with van der Waals surface area (Å²) >= 11 is 0. The number of nitrogens with two attached hydrogens (primary N) is 1. The summed E-state index contributed by atoms with van der Waals surface area (Å²) in [5.41, 5.74) is 2.90. The lowest BCUT2D eigenvalue weighted by Crippen LogP contribution is -2.40. The van der Waals surface area contributed by atoms with Gasteiger partial charge < -0.3 is 19.5 Å². The van der Waals surface area contributed by atoms with E-state index in [1.54, 1.807) is 27.4 Å². The number of amides is 2. The largest absolute Gasteiger partial charge is 0.496 e. The Labute approximate surface area is 112 Å². The van der Waals surface area contributed by atoms with Gasteiger partial charge >= 0.3 is 6.03 Å². The summed E-state index contributed by atoms with van der Waals surface area (Å²) in [6, 6.07) is 3.14. The summed E-state index contributed by atoms with van der Waals surface area (Å²) < 4.78 is 15.7. The Morgan fingerprint density at radius 3 is 2.21 bits per heavy atom. The van der Waals surface area contributed by atoms with Crippen molar-refractivity contribution in [1.29, 1.82) is 0 Å². The maximum atomic E-state index is 11.0. The van der Waals surface area contributed by atoms with Crippen LogP contribution in [0.3, 0.4) is 0 Å². The highest BCUT2D eigenvalue weighted by atomic mass is 16.5. The van der Waals surface area contributed by atoms with Crippen LogP contribution >= 0.6 is 0 Å². The zero-order chi connectivity index (χ0) is 14.3. The van der Waals surface area contributed by atoms with Gasteiger partial charge in [-0.25, -0.2) is 10.6 Å². The number of hydrogen-bond donors (Lipinski definition) is 3. The Kier molecular flexibility index (Phi) is 5.74. The van der Waals surface area contributed by atoms with Crippen molar-refractivity contribution in [3.63, 3.8) is 0 Å². The molecule has 0 saturated carbocycles. The fourth-order valence-corrected chi connectivity index (χ4v) is 1.65. The highest BCUT2D eigenvalue weighted by Crippen LogP contribution is 2.34. The quantitative estimate of drug-likeness (QED) is 0.395. The first-order chi connectivity index (χ1) is 9.15. The molecule has 0 radical (unpaired) electrons. The van der Waals surface area contributed by atoms with Gasteiger partial charge in [0, 0.05) is 12.6 Å². The molecule has 2 amide bonds. The molecule has 19 heavy (non-hydrogen) atoms. The van der Waals surface area contributed by atoms with Crippen molar-refractivity contribution < 1.29 is 19.0 Å². The second kappa shape index (κ2) is 7.32.